The summed E-state index contributed by atoms with van der Waals surface area (Å²) < 4.78 is 2.32. The van der Waals surface area contributed by atoms with Crippen molar-refractivity contribution in [1.82, 2.24) is 4.31 Å². The van der Waals surface area contributed by atoms with Gasteiger partial charge in [-0.3, -0.25) is 0 Å². The minimum Gasteiger partial charge on any atom is -0.398 e. The summed E-state index contributed by atoms with van der Waals surface area (Å²) in [5.41, 5.74) is 9.34. The van der Waals surface area contributed by atoms with E-state index in [0.717, 1.165) is 18.8 Å². The molecular weight excluding hydrogens is 252 g/mol. The summed E-state index contributed by atoms with van der Waals surface area (Å²) in [5.74, 6) is 0. The average Bonchev–Trinajstić information content (AvgIpc) is 2.43. The number of nitrogens with two attached hydrogens (primary N) is 1. The molecule has 0 amide bonds. The zero-order chi connectivity index (χ0) is 13.7. The number of anilines is 1. The van der Waals surface area contributed by atoms with Crippen LogP contribution in [0.2, 0.25) is 0 Å². The monoisotopic (exact) mass is 272 g/mol. The molecule has 0 aromatic heterocycles. The van der Waals surface area contributed by atoms with Crippen molar-refractivity contribution in [2.75, 3.05) is 12.3 Å². The second kappa shape index (κ2) is 6.64. The van der Waals surface area contributed by atoms with Crippen LogP contribution in [0.5, 0.6) is 0 Å². The Balaban J connectivity index is 2.05. The van der Waals surface area contributed by atoms with Gasteiger partial charge in [-0.1, -0.05) is 42.8 Å². The van der Waals surface area contributed by atoms with Crippen molar-refractivity contribution >= 4 is 17.6 Å². The van der Waals surface area contributed by atoms with Gasteiger partial charge in [0.2, 0.25) is 0 Å². The Labute approximate surface area is 119 Å². The highest BCUT2D eigenvalue weighted by molar-refractivity contribution is 7.97. The zero-order valence-electron chi connectivity index (χ0n) is 11.5. The highest BCUT2D eigenvalue weighted by Gasteiger charge is 2.07. The molecule has 19 heavy (non-hydrogen) atoms. The molecule has 0 spiro atoms. The van der Waals surface area contributed by atoms with E-state index in [1.54, 1.807) is 11.9 Å². The summed E-state index contributed by atoms with van der Waals surface area (Å²) in [6.07, 6.45) is 0. The fraction of sp³-hybridized carbons (Fsp3) is 0.250. The van der Waals surface area contributed by atoms with Gasteiger partial charge < -0.3 is 5.73 Å². The van der Waals surface area contributed by atoms with E-state index in [-0.39, 0.29) is 0 Å². The van der Waals surface area contributed by atoms with Crippen LogP contribution < -0.4 is 5.73 Å². The number of hydrogen-bond acceptors (Lipinski definition) is 3. The molecule has 3 heteroatoms. The van der Waals surface area contributed by atoms with Gasteiger partial charge in [-0.25, -0.2) is 4.31 Å². The van der Waals surface area contributed by atoms with E-state index < -0.39 is 0 Å². The Morgan fingerprint density at radius 2 is 1.74 bits per heavy atom. The number of hydrogen-bond donors (Lipinski definition) is 1. The molecule has 100 valence electrons. The van der Waals surface area contributed by atoms with Gasteiger partial charge in [0.25, 0.3) is 0 Å². The smallest absolute Gasteiger partial charge is 0.0364 e. The number of benzene rings is 2. The molecule has 0 unspecified atom stereocenters. The minimum absolute atomic E-state index is 0.863. The molecule has 0 bridgehead atoms. The lowest BCUT2D eigenvalue weighted by Gasteiger charge is -2.20. The molecule has 0 atom stereocenters. The molecule has 0 aliphatic carbocycles. The molecule has 0 saturated heterocycles. The van der Waals surface area contributed by atoms with Gasteiger partial charge in [0.15, 0.2) is 0 Å². The van der Waals surface area contributed by atoms with Gasteiger partial charge in [-0.2, -0.15) is 0 Å². The van der Waals surface area contributed by atoms with Crippen LogP contribution in [0.1, 0.15) is 18.1 Å². The Morgan fingerprint density at radius 1 is 1.05 bits per heavy atom. The molecule has 0 radical (unpaired) electrons. The lowest BCUT2D eigenvalue weighted by Crippen LogP contribution is -2.15. The quantitative estimate of drug-likeness (QED) is 0.656. The summed E-state index contributed by atoms with van der Waals surface area (Å²) in [7, 11) is 0. The predicted octanol–water partition coefficient (Wildman–Crippen LogP) is 4.11. The van der Waals surface area contributed by atoms with Gasteiger partial charge in [0.05, 0.1) is 0 Å². The molecule has 0 aliphatic rings. The SMILES string of the molecule is CCN(Cc1ccccc1N)Sc1ccc(C)cc1. The highest BCUT2D eigenvalue weighted by Crippen LogP contribution is 2.25. The molecular formula is C16H20N2S. The summed E-state index contributed by atoms with van der Waals surface area (Å²) in [6, 6.07) is 16.7. The number of rotatable bonds is 5. The van der Waals surface area contributed by atoms with Crippen LogP contribution in [0, 0.1) is 6.92 Å². The second-order valence-corrected chi connectivity index (χ2v) is 5.73. The molecule has 2 N–H and O–H groups in total. The van der Waals surface area contributed by atoms with Crippen LogP contribution in [0.25, 0.3) is 0 Å². The van der Waals surface area contributed by atoms with Crippen LogP contribution >= 0.6 is 11.9 Å². The normalized spacial score (nSPS) is 10.9. The van der Waals surface area contributed by atoms with E-state index in [0.29, 0.717) is 0 Å². The van der Waals surface area contributed by atoms with Gasteiger partial charge in [0, 0.05) is 23.7 Å². The molecule has 2 aromatic rings. The first-order valence-electron chi connectivity index (χ1n) is 6.52. The third-order valence-corrected chi connectivity index (χ3v) is 4.14. The fourth-order valence-corrected chi connectivity index (χ4v) is 2.71. The maximum absolute atomic E-state index is 6.00. The standard InChI is InChI=1S/C16H20N2S/c1-3-18(12-14-6-4-5-7-16(14)17)19-15-10-8-13(2)9-11-15/h4-11H,3,12,17H2,1-2H3. The van der Waals surface area contributed by atoms with E-state index in [9.17, 15) is 0 Å². The molecule has 0 aliphatic heterocycles. The van der Waals surface area contributed by atoms with Gasteiger partial charge >= 0.3 is 0 Å². The van der Waals surface area contributed by atoms with Gasteiger partial charge in [0.1, 0.15) is 0 Å². The van der Waals surface area contributed by atoms with Crippen molar-refractivity contribution in [2.24, 2.45) is 0 Å². The lowest BCUT2D eigenvalue weighted by molar-refractivity contribution is 0.493. The third-order valence-electron chi connectivity index (χ3n) is 3.01. The van der Waals surface area contributed by atoms with Crippen molar-refractivity contribution in [2.45, 2.75) is 25.3 Å². The summed E-state index contributed by atoms with van der Waals surface area (Å²) in [4.78, 5) is 1.27. The Bertz CT molecular complexity index is 523. The average molecular weight is 272 g/mol. The van der Waals surface area contributed by atoms with Crippen LogP contribution in [0.3, 0.4) is 0 Å². The van der Waals surface area contributed by atoms with E-state index in [1.165, 1.54) is 16.0 Å². The highest BCUT2D eigenvalue weighted by atomic mass is 32.2. The van der Waals surface area contributed by atoms with E-state index in [1.807, 2.05) is 18.2 Å². The molecule has 2 aromatic carbocycles. The number of nitrogen functional groups attached to an aromatic ring is 1. The number of nitrogens with zero attached hydrogens (tertiary/aromatic N) is 1. The first-order valence-corrected chi connectivity index (χ1v) is 7.29. The van der Waals surface area contributed by atoms with Crippen molar-refractivity contribution in [3.8, 4) is 0 Å². The van der Waals surface area contributed by atoms with Crippen LogP contribution in [-0.2, 0) is 6.54 Å². The minimum atomic E-state index is 0.863. The van der Waals surface area contributed by atoms with Crippen molar-refractivity contribution in [3.05, 3.63) is 59.7 Å². The summed E-state index contributed by atoms with van der Waals surface area (Å²) in [6.45, 7) is 6.12. The number of aryl methyl sites for hydroxylation is 1. The predicted molar refractivity (Wildman–Crippen MR) is 84.0 cm³/mol. The molecule has 0 fully saturated rings. The van der Waals surface area contributed by atoms with Crippen LogP contribution in [0.4, 0.5) is 5.69 Å². The van der Waals surface area contributed by atoms with Crippen molar-refractivity contribution < 1.29 is 0 Å². The van der Waals surface area contributed by atoms with Crippen molar-refractivity contribution in [1.29, 1.82) is 0 Å². The topological polar surface area (TPSA) is 29.3 Å². The first-order chi connectivity index (χ1) is 9.19. The molecule has 2 rings (SSSR count). The van der Waals surface area contributed by atoms with E-state index in [4.69, 9.17) is 5.73 Å². The largest absolute Gasteiger partial charge is 0.398 e. The van der Waals surface area contributed by atoms with Gasteiger partial charge in [-0.05, 0) is 42.6 Å². The Kier molecular flexibility index (Phi) is 4.88. The van der Waals surface area contributed by atoms with E-state index in [2.05, 4.69) is 48.5 Å². The second-order valence-electron chi connectivity index (χ2n) is 4.56. The maximum atomic E-state index is 6.00. The summed E-state index contributed by atoms with van der Waals surface area (Å²) >= 11 is 1.78. The van der Waals surface area contributed by atoms with Crippen LogP contribution in [0.15, 0.2) is 53.4 Å². The maximum Gasteiger partial charge on any atom is 0.0364 e. The first kappa shape index (κ1) is 14.0. The lowest BCUT2D eigenvalue weighted by atomic mass is 10.2. The Hall–Kier alpha value is -1.45. The van der Waals surface area contributed by atoms with E-state index >= 15 is 0 Å². The third kappa shape index (κ3) is 4.01. The molecule has 2 nitrogen and oxygen atoms in total. The van der Waals surface area contributed by atoms with Crippen molar-refractivity contribution in [3.63, 3.8) is 0 Å². The molecule has 0 saturated carbocycles. The Morgan fingerprint density at radius 3 is 2.37 bits per heavy atom. The number of para-hydroxylation sites is 1. The molecule has 0 heterocycles. The van der Waals surface area contributed by atoms with Gasteiger partial charge in [-0.15, -0.1) is 0 Å². The fourth-order valence-electron chi connectivity index (χ4n) is 1.83. The van der Waals surface area contributed by atoms with Crippen LogP contribution in [-0.4, -0.2) is 10.8 Å². The summed E-state index contributed by atoms with van der Waals surface area (Å²) in [5, 5.41) is 0. The zero-order valence-corrected chi connectivity index (χ0v) is 12.3.